The van der Waals surface area contributed by atoms with Crippen LogP contribution in [0.1, 0.15) is 15.2 Å². The summed E-state index contributed by atoms with van der Waals surface area (Å²) < 4.78 is 28.5. The summed E-state index contributed by atoms with van der Waals surface area (Å²) in [7, 11) is 0.0153. The van der Waals surface area contributed by atoms with Gasteiger partial charge in [0.05, 0.1) is 21.5 Å². The number of rotatable bonds is 4. The first-order chi connectivity index (χ1) is 14.7. The minimum atomic E-state index is -3.57. The molecule has 1 aromatic carbocycles. The van der Waals surface area contributed by atoms with Crippen LogP contribution in [-0.2, 0) is 17.1 Å². The normalized spacial score (nSPS) is 16.0. The van der Waals surface area contributed by atoms with Crippen molar-refractivity contribution in [3.63, 3.8) is 0 Å². The summed E-state index contributed by atoms with van der Waals surface area (Å²) in [5.74, 6) is -0.364. The molecule has 0 radical (unpaired) electrons. The number of likely N-dealkylation sites (N-methyl/N-ethyl adjacent to an activating group) is 1. The molecule has 1 N–H and O–H groups in total. The molecule has 0 saturated carbocycles. The highest BCUT2D eigenvalue weighted by molar-refractivity contribution is 7.89. The zero-order valence-electron chi connectivity index (χ0n) is 17.5. The molecule has 1 saturated heterocycles. The second-order valence-corrected chi connectivity index (χ2v) is 10.5. The van der Waals surface area contributed by atoms with Gasteiger partial charge in [0.15, 0.2) is 0 Å². The highest BCUT2D eigenvalue weighted by atomic mass is 32.2. The SMILES string of the molecule is Cc1c(C(=O)Nc2ccc(S(=O)(=O)N3CCN(C)CC3)cc2)sc2ncn(C)c(=O)c12. The molecule has 9 nitrogen and oxygen atoms in total. The number of amides is 1. The number of nitrogens with zero attached hydrogens (tertiary/aromatic N) is 4. The molecule has 0 bridgehead atoms. The highest BCUT2D eigenvalue weighted by Gasteiger charge is 2.27. The largest absolute Gasteiger partial charge is 0.321 e. The molecule has 11 heteroatoms. The number of sulfonamides is 1. The van der Waals surface area contributed by atoms with Crippen LogP contribution >= 0.6 is 11.3 Å². The van der Waals surface area contributed by atoms with Gasteiger partial charge in [-0.05, 0) is 43.8 Å². The van der Waals surface area contributed by atoms with E-state index in [1.54, 1.807) is 26.1 Å². The van der Waals surface area contributed by atoms with Crippen molar-refractivity contribution in [2.24, 2.45) is 7.05 Å². The fourth-order valence-electron chi connectivity index (χ4n) is 3.50. The second kappa shape index (κ2) is 8.15. The Kier molecular flexibility index (Phi) is 5.69. The minimum absolute atomic E-state index is 0.195. The first-order valence-corrected chi connectivity index (χ1v) is 12.0. The van der Waals surface area contributed by atoms with Crippen molar-refractivity contribution in [1.82, 2.24) is 18.8 Å². The van der Waals surface area contributed by atoms with E-state index >= 15 is 0 Å². The number of thiophene rings is 1. The number of hydrogen-bond donors (Lipinski definition) is 1. The molecule has 1 amide bonds. The lowest BCUT2D eigenvalue weighted by Gasteiger charge is -2.31. The van der Waals surface area contributed by atoms with E-state index in [1.807, 2.05) is 7.05 Å². The number of carbonyl (C=O) groups is 1. The van der Waals surface area contributed by atoms with Crippen molar-refractivity contribution in [2.75, 3.05) is 38.5 Å². The predicted octanol–water partition coefficient (Wildman–Crippen LogP) is 1.49. The summed E-state index contributed by atoms with van der Waals surface area (Å²) in [5, 5.41) is 3.22. The first-order valence-electron chi connectivity index (χ1n) is 9.73. The molecule has 0 unspecified atom stereocenters. The van der Waals surface area contributed by atoms with Crippen LogP contribution in [0.25, 0.3) is 10.2 Å². The quantitative estimate of drug-likeness (QED) is 0.631. The molecule has 4 rings (SSSR count). The van der Waals surface area contributed by atoms with Gasteiger partial charge in [0, 0.05) is 38.9 Å². The Morgan fingerprint density at radius 3 is 2.39 bits per heavy atom. The fraction of sp³-hybridized carbons (Fsp3) is 0.350. The van der Waals surface area contributed by atoms with E-state index in [0.717, 1.165) is 11.3 Å². The molecule has 1 aliphatic rings. The Bertz CT molecular complexity index is 1300. The number of anilines is 1. The molecular weight excluding hydrogens is 438 g/mol. The highest BCUT2D eigenvalue weighted by Crippen LogP contribution is 2.28. The van der Waals surface area contributed by atoms with Gasteiger partial charge < -0.3 is 14.8 Å². The molecule has 31 heavy (non-hydrogen) atoms. The number of nitrogens with one attached hydrogen (secondary N) is 1. The summed E-state index contributed by atoms with van der Waals surface area (Å²) in [6, 6.07) is 6.14. The van der Waals surface area contributed by atoms with Crippen LogP contribution in [0, 0.1) is 6.92 Å². The van der Waals surface area contributed by atoms with Crippen LogP contribution < -0.4 is 10.9 Å². The summed E-state index contributed by atoms with van der Waals surface area (Å²) in [5.41, 5.74) is 0.858. The van der Waals surface area contributed by atoms with Crippen LogP contribution in [0.15, 0.2) is 40.3 Å². The Hall–Kier alpha value is -2.60. The van der Waals surface area contributed by atoms with Crippen molar-refractivity contribution in [3.8, 4) is 0 Å². The molecule has 0 aliphatic carbocycles. The average Bonchev–Trinajstić information content (AvgIpc) is 3.09. The van der Waals surface area contributed by atoms with Gasteiger partial charge in [0.2, 0.25) is 10.0 Å². The zero-order valence-corrected chi connectivity index (χ0v) is 19.1. The van der Waals surface area contributed by atoms with E-state index in [9.17, 15) is 18.0 Å². The van der Waals surface area contributed by atoms with Crippen LogP contribution in [0.3, 0.4) is 0 Å². The van der Waals surface area contributed by atoms with Crippen LogP contribution in [0.2, 0.25) is 0 Å². The maximum absolute atomic E-state index is 12.8. The Morgan fingerprint density at radius 1 is 1.10 bits per heavy atom. The molecule has 0 atom stereocenters. The summed E-state index contributed by atoms with van der Waals surface area (Å²) in [6.07, 6.45) is 1.43. The van der Waals surface area contributed by atoms with Gasteiger partial charge in [-0.1, -0.05) is 0 Å². The van der Waals surface area contributed by atoms with Gasteiger partial charge in [0.1, 0.15) is 4.83 Å². The van der Waals surface area contributed by atoms with E-state index in [0.29, 0.717) is 52.5 Å². The zero-order chi connectivity index (χ0) is 22.3. The topological polar surface area (TPSA) is 105 Å². The van der Waals surface area contributed by atoms with Crippen LogP contribution in [0.4, 0.5) is 5.69 Å². The third-order valence-electron chi connectivity index (χ3n) is 5.43. The standard InChI is InChI=1S/C20H23N5O4S2/c1-13-16-19(21-12-24(3)20(16)27)30-17(13)18(26)22-14-4-6-15(7-5-14)31(28,29)25-10-8-23(2)9-11-25/h4-7,12H,8-11H2,1-3H3,(H,22,26). The number of aryl methyl sites for hydroxylation is 2. The number of aromatic nitrogens is 2. The van der Waals surface area contributed by atoms with E-state index in [2.05, 4.69) is 15.2 Å². The molecule has 1 fully saturated rings. The third-order valence-corrected chi connectivity index (χ3v) is 8.54. The molecule has 2 aromatic heterocycles. The number of hydrogen-bond acceptors (Lipinski definition) is 7. The summed E-state index contributed by atoms with van der Waals surface area (Å²) in [6.45, 7) is 4.02. The van der Waals surface area contributed by atoms with Crippen LogP contribution in [-0.4, -0.2) is 66.3 Å². The summed E-state index contributed by atoms with van der Waals surface area (Å²) in [4.78, 5) is 32.6. The third kappa shape index (κ3) is 4.01. The molecular formula is C20H23N5O4S2. The minimum Gasteiger partial charge on any atom is -0.321 e. The number of benzene rings is 1. The Labute approximate surface area is 184 Å². The smallest absolute Gasteiger partial charge is 0.266 e. The lowest BCUT2D eigenvalue weighted by molar-refractivity contribution is 0.103. The van der Waals surface area contributed by atoms with Gasteiger partial charge in [-0.3, -0.25) is 9.59 Å². The van der Waals surface area contributed by atoms with Crippen LogP contribution in [0.5, 0.6) is 0 Å². The molecule has 3 aromatic rings. The van der Waals surface area contributed by atoms with Crippen molar-refractivity contribution < 1.29 is 13.2 Å². The number of carbonyl (C=O) groups excluding carboxylic acids is 1. The average molecular weight is 462 g/mol. The van der Waals surface area contributed by atoms with Gasteiger partial charge in [-0.15, -0.1) is 11.3 Å². The Balaban J connectivity index is 1.54. The van der Waals surface area contributed by atoms with Gasteiger partial charge in [0.25, 0.3) is 11.5 Å². The summed E-state index contributed by atoms with van der Waals surface area (Å²) >= 11 is 1.16. The maximum atomic E-state index is 12.8. The molecule has 1 aliphatic heterocycles. The van der Waals surface area contributed by atoms with E-state index in [1.165, 1.54) is 27.3 Å². The molecule has 164 valence electrons. The first kappa shape index (κ1) is 21.6. The lowest BCUT2D eigenvalue weighted by Crippen LogP contribution is -2.46. The maximum Gasteiger partial charge on any atom is 0.266 e. The van der Waals surface area contributed by atoms with Gasteiger partial charge in [-0.25, -0.2) is 13.4 Å². The van der Waals surface area contributed by atoms with E-state index in [4.69, 9.17) is 0 Å². The molecule has 3 heterocycles. The van der Waals surface area contributed by atoms with Crippen molar-refractivity contribution in [3.05, 3.63) is 51.4 Å². The number of fused-ring (bicyclic) bond motifs is 1. The van der Waals surface area contributed by atoms with Gasteiger partial charge in [-0.2, -0.15) is 4.31 Å². The number of piperazine rings is 1. The Morgan fingerprint density at radius 2 is 1.74 bits per heavy atom. The van der Waals surface area contributed by atoms with Gasteiger partial charge >= 0.3 is 0 Å². The lowest BCUT2D eigenvalue weighted by atomic mass is 10.2. The monoisotopic (exact) mass is 461 g/mol. The molecule has 0 spiro atoms. The fourth-order valence-corrected chi connectivity index (χ4v) is 5.96. The second-order valence-electron chi connectivity index (χ2n) is 7.58. The van der Waals surface area contributed by atoms with E-state index in [-0.39, 0.29) is 16.4 Å². The van der Waals surface area contributed by atoms with Crippen molar-refractivity contribution in [2.45, 2.75) is 11.8 Å². The van der Waals surface area contributed by atoms with Crippen molar-refractivity contribution in [1.29, 1.82) is 0 Å². The predicted molar refractivity (Wildman–Crippen MR) is 120 cm³/mol. The van der Waals surface area contributed by atoms with Crippen molar-refractivity contribution >= 4 is 43.2 Å². The van der Waals surface area contributed by atoms with E-state index < -0.39 is 10.0 Å².